The largest absolute Gasteiger partial charge is 0.494 e. The molecule has 0 radical (unpaired) electrons. The van der Waals surface area contributed by atoms with E-state index in [4.69, 9.17) is 9.47 Å². The minimum absolute atomic E-state index is 0.0653. The first-order valence-electron chi connectivity index (χ1n) is 11.6. The van der Waals surface area contributed by atoms with Gasteiger partial charge in [0.15, 0.2) is 5.82 Å². The molecule has 10 heteroatoms. The molecule has 33 heavy (non-hydrogen) atoms. The molecule has 0 amide bonds. The second kappa shape index (κ2) is 10.9. The van der Waals surface area contributed by atoms with Gasteiger partial charge >= 0.3 is 0 Å². The van der Waals surface area contributed by atoms with Crippen LogP contribution in [0.1, 0.15) is 50.5 Å². The van der Waals surface area contributed by atoms with Crippen molar-refractivity contribution in [1.29, 1.82) is 0 Å². The molecule has 1 aromatic carbocycles. The summed E-state index contributed by atoms with van der Waals surface area (Å²) in [5, 5.41) is 22.7. The van der Waals surface area contributed by atoms with Crippen molar-refractivity contribution in [1.82, 2.24) is 30.1 Å². The van der Waals surface area contributed by atoms with Gasteiger partial charge in [0.1, 0.15) is 5.75 Å². The fraction of sp³-hybridized carbons (Fsp3) is 0.565. The Kier molecular flexibility index (Phi) is 7.69. The topological polar surface area (TPSA) is 118 Å². The lowest BCUT2D eigenvalue weighted by Gasteiger charge is -2.28. The third-order valence-electron chi connectivity index (χ3n) is 6.06. The highest BCUT2D eigenvalue weighted by atomic mass is 16.5. The lowest BCUT2D eigenvalue weighted by atomic mass is 10.1. The fourth-order valence-corrected chi connectivity index (χ4v) is 4.29. The van der Waals surface area contributed by atoms with E-state index in [1.807, 2.05) is 38.1 Å². The summed E-state index contributed by atoms with van der Waals surface area (Å²) < 4.78 is 13.2. The molecule has 0 saturated carbocycles. The second-order valence-corrected chi connectivity index (χ2v) is 8.38. The number of nitrogens with one attached hydrogen (secondary N) is 1. The number of aliphatic hydroxyl groups excluding tert-OH is 1. The number of hydrogen-bond donors (Lipinski definition) is 2. The maximum atomic E-state index is 12.8. The minimum Gasteiger partial charge on any atom is -0.494 e. The number of nitrogens with zero attached hydrogens (tertiary/aromatic N) is 5. The molecule has 0 aliphatic carbocycles. The molecular weight excluding hydrogens is 424 g/mol. The minimum atomic E-state index is -0.155. The summed E-state index contributed by atoms with van der Waals surface area (Å²) in [7, 11) is 0. The molecule has 3 heterocycles. The van der Waals surface area contributed by atoms with Crippen molar-refractivity contribution in [2.24, 2.45) is 0 Å². The van der Waals surface area contributed by atoms with Gasteiger partial charge in [-0.2, -0.15) is 0 Å². The van der Waals surface area contributed by atoms with E-state index in [0.717, 1.165) is 41.9 Å². The molecule has 0 unspecified atom stereocenters. The molecule has 2 aromatic heterocycles. The third-order valence-corrected chi connectivity index (χ3v) is 6.06. The molecule has 2 N–H and O–H groups in total. The molecule has 3 aromatic rings. The Bertz CT molecular complexity index is 1110. The van der Waals surface area contributed by atoms with E-state index in [2.05, 4.69) is 25.4 Å². The van der Waals surface area contributed by atoms with E-state index in [0.29, 0.717) is 38.2 Å². The van der Waals surface area contributed by atoms with Crippen LogP contribution < -0.4 is 10.3 Å². The molecule has 10 nitrogen and oxygen atoms in total. The van der Waals surface area contributed by atoms with Gasteiger partial charge in [-0.25, -0.2) is 4.68 Å². The quantitative estimate of drug-likeness (QED) is 0.450. The molecule has 0 spiro atoms. The van der Waals surface area contributed by atoms with Crippen molar-refractivity contribution in [3.8, 4) is 5.75 Å². The van der Waals surface area contributed by atoms with Crippen LogP contribution in [0.25, 0.3) is 10.9 Å². The first kappa shape index (κ1) is 23.3. The zero-order valence-electron chi connectivity index (χ0n) is 19.2. The standard InChI is InChI=1S/C23H32N6O4/c1-3-32-19-7-8-21-17(13-19)12-18(23(31)24-21)14-28(9-5-10-30)16(2)22-25-26-27-29(22)15-20-6-4-11-33-20/h7-8,12-13,16,20,30H,3-6,9-11,14-15H2,1-2H3,(H,24,31)/t16-,20+/m1/s1. The van der Waals surface area contributed by atoms with E-state index in [-0.39, 0.29) is 24.3 Å². The smallest absolute Gasteiger partial charge is 0.252 e. The number of H-pyrrole nitrogens is 1. The highest BCUT2D eigenvalue weighted by Crippen LogP contribution is 2.24. The zero-order chi connectivity index (χ0) is 23.2. The van der Waals surface area contributed by atoms with Gasteiger partial charge in [0.2, 0.25) is 0 Å². The number of hydrogen-bond acceptors (Lipinski definition) is 8. The van der Waals surface area contributed by atoms with Crippen LogP contribution in [0.3, 0.4) is 0 Å². The molecule has 4 rings (SSSR count). The number of aromatic amines is 1. The number of rotatable bonds is 11. The maximum absolute atomic E-state index is 12.8. The molecule has 0 bridgehead atoms. The Morgan fingerprint density at radius 3 is 3.03 bits per heavy atom. The van der Waals surface area contributed by atoms with Gasteiger partial charge in [-0.1, -0.05) is 0 Å². The number of aromatic nitrogens is 5. The van der Waals surface area contributed by atoms with Gasteiger partial charge in [-0.3, -0.25) is 9.69 Å². The van der Waals surface area contributed by atoms with Crippen LogP contribution in [0.2, 0.25) is 0 Å². The van der Waals surface area contributed by atoms with E-state index in [1.165, 1.54) is 0 Å². The second-order valence-electron chi connectivity index (χ2n) is 8.38. The van der Waals surface area contributed by atoms with Gasteiger partial charge in [-0.05, 0) is 67.8 Å². The third kappa shape index (κ3) is 5.58. The lowest BCUT2D eigenvalue weighted by Crippen LogP contribution is -2.33. The Labute approximate surface area is 192 Å². The fourth-order valence-electron chi connectivity index (χ4n) is 4.29. The van der Waals surface area contributed by atoms with Crippen LogP contribution in [-0.4, -0.2) is 67.7 Å². The first-order chi connectivity index (χ1) is 16.1. The van der Waals surface area contributed by atoms with E-state index in [9.17, 15) is 9.90 Å². The summed E-state index contributed by atoms with van der Waals surface area (Å²) in [6, 6.07) is 7.40. The van der Waals surface area contributed by atoms with Crippen LogP contribution in [0, 0.1) is 0 Å². The van der Waals surface area contributed by atoms with Gasteiger partial charge < -0.3 is 19.6 Å². The SMILES string of the molecule is CCOc1ccc2[nH]c(=O)c(CN(CCCO)[C@H](C)c3nnnn3C[C@@H]3CCCO3)cc2c1. The van der Waals surface area contributed by atoms with Crippen LogP contribution >= 0.6 is 0 Å². The average Bonchev–Trinajstić information content (AvgIpc) is 3.49. The summed E-state index contributed by atoms with van der Waals surface area (Å²) in [6.45, 7) is 6.99. The van der Waals surface area contributed by atoms with Gasteiger partial charge in [0.25, 0.3) is 5.56 Å². The van der Waals surface area contributed by atoms with Crippen LogP contribution in [0.5, 0.6) is 5.75 Å². The lowest BCUT2D eigenvalue weighted by molar-refractivity contribution is 0.0898. The molecule has 1 aliphatic heterocycles. The van der Waals surface area contributed by atoms with Crippen LogP contribution in [0.4, 0.5) is 0 Å². The Morgan fingerprint density at radius 2 is 2.27 bits per heavy atom. The Balaban J connectivity index is 1.59. The summed E-state index contributed by atoms with van der Waals surface area (Å²) in [5.41, 5.74) is 1.27. The van der Waals surface area contributed by atoms with Crippen molar-refractivity contribution in [3.63, 3.8) is 0 Å². The van der Waals surface area contributed by atoms with Crippen molar-refractivity contribution >= 4 is 10.9 Å². The van der Waals surface area contributed by atoms with E-state index in [1.54, 1.807) is 4.68 Å². The van der Waals surface area contributed by atoms with Gasteiger partial charge in [-0.15, -0.1) is 5.10 Å². The molecule has 178 valence electrons. The number of benzene rings is 1. The van der Waals surface area contributed by atoms with Crippen molar-refractivity contribution in [3.05, 3.63) is 46.0 Å². The van der Waals surface area contributed by atoms with Crippen molar-refractivity contribution in [2.75, 3.05) is 26.4 Å². The van der Waals surface area contributed by atoms with Crippen LogP contribution in [-0.2, 0) is 17.8 Å². The number of aliphatic hydroxyl groups is 1. The summed E-state index contributed by atoms with van der Waals surface area (Å²) in [4.78, 5) is 17.9. The monoisotopic (exact) mass is 456 g/mol. The number of fused-ring (bicyclic) bond motifs is 1. The van der Waals surface area contributed by atoms with Crippen molar-refractivity contribution < 1.29 is 14.6 Å². The number of pyridine rings is 1. The molecular formula is C23H32N6O4. The average molecular weight is 457 g/mol. The number of ether oxygens (including phenoxy) is 2. The van der Waals surface area contributed by atoms with Gasteiger partial charge in [0, 0.05) is 42.8 Å². The first-order valence-corrected chi connectivity index (χ1v) is 11.6. The highest BCUT2D eigenvalue weighted by molar-refractivity contribution is 5.80. The molecule has 1 saturated heterocycles. The predicted octanol–water partition coefficient (Wildman–Crippen LogP) is 2.04. The summed E-state index contributed by atoms with van der Waals surface area (Å²) >= 11 is 0. The molecule has 1 fully saturated rings. The zero-order valence-corrected chi connectivity index (χ0v) is 19.2. The predicted molar refractivity (Wildman–Crippen MR) is 123 cm³/mol. The van der Waals surface area contributed by atoms with Gasteiger partial charge in [0.05, 0.1) is 25.3 Å². The maximum Gasteiger partial charge on any atom is 0.252 e. The highest BCUT2D eigenvalue weighted by Gasteiger charge is 2.25. The Hall–Kier alpha value is -2.82. The Morgan fingerprint density at radius 1 is 1.39 bits per heavy atom. The van der Waals surface area contributed by atoms with Crippen LogP contribution in [0.15, 0.2) is 29.1 Å². The molecule has 1 aliphatic rings. The molecule has 2 atom stereocenters. The summed E-state index contributed by atoms with van der Waals surface area (Å²) in [6.07, 6.45) is 2.75. The van der Waals surface area contributed by atoms with E-state index < -0.39 is 0 Å². The van der Waals surface area contributed by atoms with E-state index >= 15 is 0 Å². The number of tetrazole rings is 1. The summed E-state index contributed by atoms with van der Waals surface area (Å²) in [5.74, 6) is 1.49. The normalized spacial score (nSPS) is 17.2. The van der Waals surface area contributed by atoms with Crippen molar-refractivity contribution in [2.45, 2.75) is 58.3 Å².